The lowest BCUT2D eigenvalue weighted by Crippen LogP contribution is -2.37. The number of unbranched alkanes of at least 4 members (excludes halogenated alkanes) is 5. The summed E-state index contributed by atoms with van der Waals surface area (Å²) < 4.78 is 0. The van der Waals surface area contributed by atoms with Crippen molar-refractivity contribution in [1.29, 1.82) is 0 Å². The maximum Gasteiger partial charge on any atom is 0.234 e. The summed E-state index contributed by atoms with van der Waals surface area (Å²) in [4.78, 5) is 13.8. The lowest BCUT2D eigenvalue weighted by Gasteiger charge is -2.18. The second-order valence-electron chi connectivity index (χ2n) is 7.17. The third-order valence-electron chi connectivity index (χ3n) is 3.57. The molecule has 0 saturated heterocycles. The Hall–Kier alpha value is -0.610. The van der Waals surface area contributed by atoms with Gasteiger partial charge in [0.05, 0.1) is 6.54 Å². The summed E-state index contributed by atoms with van der Waals surface area (Å²) >= 11 is 0. The van der Waals surface area contributed by atoms with Crippen LogP contribution in [0.15, 0.2) is 0 Å². The topological polar surface area (TPSA) is 44.4 Å². The summed E-state index contributed by atoms with van der Waals surface area (Å²) in [6, 6.07) is 0.600. The largest absolute Gasteiger partial charge is 0.355 e. The Kier molecular flexibility index (Phi) is 13.6. The summed E-state index contributed by atoms with van der Waals surface area (Å²) in [7, 11) is 2.01. The molecule has 0 fully saturated rings. The van der Waals surface area contributed by atoms with Gasteiger partial charge in [0.25, 0.3) is 0 Å². The van der Waals surface area contributed by atoms with Crippen LogP contribution in [0.4, 0.5) is 0 Å². The van der Waals surface area contributed by atoms with Gasteiger partial charge >= 0.3 is 0 Å². The first-order chi connectivity index (χ1) is 10.4. The number of nitrogens with one attached hydrogen (secondary N) is 2. The highest BCUT2D eigenvalue weighted by atomic mass is 16.2. The van der Waals surface area contributed by atoms with E-state index in [-0.39, 0.29) is 5.91 Å². The molecule has 0 rings (SSSR count). The molecule has 0 aromatic carbocycles. The van der Waals surface area contributed by atoms with Gasteiger partial charge in [-0.15, -0.1) is 0 Å². The average Bonchev–Trinajstić information content (AvgIpc) is 2.39. The highest BCUT2D eigenvalue weighted by Crippen LogP contribution is 2.04. The first-order valence-electron chi connectivity index (χ1n) is 9.10. The average molecular weight is 314 g/mol. The predicted molar refractivity (Wildman–Crippen MR) is 96.2 cm³/mol. The fourth-order valence-electron chi connectivity index (χ4n) is 2.56. The molecule has 0 aromatic heterocycles. The molecule has 0 bridgehead atoms. The van der Waals surface area contributed by atoms with E-state index in [9.17, 15) is 4.79 Å². The SMILES string of the molecule is CC(C)CN(C)CC(=O)NCCCCCCCCNC(C)C. The van der Waals surface area contributed by atoms with E-state index in [1.165, 1.54) is 32.1 Å². The minimum Gasteiger partial charge on any atom is -0.355 e. The van der Waals surface area contributed by atoms with E-state index < -0.39 is 0 Å². The van der Waals surface area contributed by atoms with Crippen molar-refractivity contribution in [1.82, 2.24) is 15.5 Å². The molecule has 0 aliphatic rings. The molecular formula is C18H39N3O. The normalized spacial score (nSPS) is 11.6. The Bertz CT molecular complexity index is 267. The first kappa shape index (κ1) is 21.4. The third kappa shape index (κ3) is 15.8. The summed E-state index contributed by atoms with van der Waals surface area (Å²) in [5.41, 5.74) is 0. The van der Waals surface area contributed by atoms with Gasteiger partial charge in [0.15, 0.2) is 0 Å². The molecule has 0 aromatic rings. The molecule has 1 amide bonds. The fraction of sp³-hybridized carbons (Fsp3) is 0.944. The molecule has 4 heteroatoms. The molecule has 0 heterocycles. The molecular weight excluding hydrogens is 274 g/mol. The third-order valence-corrected chi connectivity index (χ3v) is 3.57. The summed E-state index contributed by atoms with van der Waals surface area (Å²) in [5.74, 6) is 0.761. The molecule has 4 nitrogen and oxygen atoms in total. The molecule has 22 heavy (non-hydrogen) atoms. The molecule has 0 spiro atoms. The van der Waals surface area contributed by atoms with E-state index in [4.69, 9.17) is 0 Å². The van der Waals surface area contributed by atoms with Crippen molar-refractivity contribution < 1.29 is 4.79 Å². The Morgan fingerprint density at radius 3 is 2.00 bits per heavy atom. The van der Waals surface area contributed by atoms with Gasteiger partial charge in [0, 0.05) is 19.1 Å². The van der Waals surface area contributed by atoms with Gasteiger partial charge in [-0.3, -0.25) is 9.69 Å². The van der Waals surface area contributed by atoms with Crippen LogP contribution in [-0.2, 0) is 4.79 Å². The van der Waals surface area contributed by atoms with Gasteiger partial charge in [0.1, 0.15) is 0 Å². The molecule has 0 saturated carbocycles. The zero-order valence-electron chi connectivity index (χ0n) is 15.6. The summed E-state index contributed by atoms with van der Waals surface area (Å²) in [6.45, 7) is 12.2. The van der Waals surface area contributed by atoms with Crippen LogP contribution in [0.25, 0.3) is 0 Å². The van der Waals surface area contributed by atoms with Crippen molar-refractivity contribution >= 4 is 5.91 Å². The van der Waals surface area contributed by atoms with Gasteiger partial charge in [0.2, 0.25) is 5.91 Å². The number of hydrogen-bond acceptors (Lipinski definition) is 3. The van der Waals surface area contributed by atoms with E-state index in [1.807, 2.05) is 7.05 Å². The van der Waals surface area contributed by atoms with E-state index in [0.717, 1.165) is 26.1 Å². The van der Waals surface area contributed by atoms with Gasteiger partial charge < -0.3 is 10.6 Å². The van der Waals surface area contributed by atoms with Crippen LogP contribution >= 0.6 is 0 Å². The van der Waals surface area contributed by atoms with Crippen LogP contribution in [0.1, 0.15) is 66.2 Å². The number of amides is 1. The second kappa shape index (κ2) is 14.0. The zero-order chi connectivity index (χ0) is 16.8. The van der Waals surface area contributed by atoms with Gasteiger partial charge in [-0.25, -0.2) is 0 Å². The lowest BCUT2D eigenvalue weighted by molar-refractivity contribution is -0.122. The van der Waals surface area contributed by atoms with Crippen molar-refractivity contribution in [2.24, 2.45) is 5.92 Å². The highest BCUT2D eigenvalue weighted by molar-refractivity contribution is 5.77. The van der Waals surface area contributed by atoms with Gasteiger partial charge in [-0.05, 0) is 32.4 Å². The lowest BCUT2D eigenvalue weighted by atomic mass is 10.1. The molecule has 0 radical (unpaired) electrons. The Balaban J connectivity index is 3.30. The second-order valence-corrected chi connectivity index (χ2v) is 7.17. The molecule has 0 atom stereocenters. The predicted octanol–water partition coefficient (Wildman–Crippen LogP) is 3.03. The number of nitrogens with zero attached hydrogens (tertiary/aromatic N) is 1. The maximum absolute atomic E-state index is 11.7. The number of rotatable bonds is 14. The minimum absolute atomic E-state index is 0.155. The van der Waals surface area contributed by atoms with Gasteiger partial charge in [-0.1, -0.05) is 53.4 Å². The quantitative estimate of drug-likeness (QED) is 0.485. The molecule has 132 valence electrons. The molecule has 0 unspecified atom stereocenters. The van der Waals surface area contributed by atoms with E-state index in [0.29, 0.717) is 18.5 Å². The number of hydrogen-bond donors (Lipinski definition) is 2. The Morgan fingerprint density at radius 2 is 1.45 bits per heavy atom. The fourth-order valence-corrected chi connectivity index (χ4v) is 2.56. The zero-order valence-corrected chi connectivity index (χ0v) is 15.6. The van der Waals surface area contributed by atoms with Crippen LogP contribution in [0.5, 0.6) is 0 Å². The Labute approximate surface area is 138 Å². The number of likely N-dealkylation sites (N-methyl/N-ethyl adjacent to an activating group) is 1. The van der Waals surface area contributed by atoms with E-state index >= 15 is 0 Å². The van der Waals surface area contributed by atoms with Crippen LogP contribution in [-0.4, -0.2) is 50.1 Å². The number of carbonyl (C=O) groups is 1. The summed E-state index contributed by atoms with van der Waals surface area (Å²) in [6.07, 6.45) is 7.50. The van der Waals surface area contributed by atoms with Crippen molar-refractivity contribution in [3.8, 4) is 0 Å². The van der Waals surface area contributed by atoms with Crippen molar-refractivity contribution in [2.75, 3.05) is 33.2 Å². The van der Waals surface area contributed by atoms with Crippen LogP contribution < -0.4 is 10.6 Å². The van der Waals surface area contributed by atoms with E-state index in [2.05, 4.69) is 43.2 Å². The first-order valence-corrected chi connectivity index (χ1v) is 9.10. The molecule has 2 N–H and O–H groups in total. The van der Waals surface area contributed by atoms with Crippen molar-refractivity contribution in [3.63, 3.8) is 0 Å². The smallest absolute Gasteiger partial charge is 0.234 e. The minimum atomic E-state index is 0.155. The van der Waals surface area contributed by atoms with Crippen molar-refractivity contribution in [3.05, 3.63) is 0 Å². The van der Waals surface area contributed by atoms with Crippen molar-refractivity contribution in [2.45, 2.75) is 72.3 Å². The van der Waals surface area contributed by atoms with Crippen LogP contribution in [0.3, 0.4) is 0 Å². The maximum atomic E-state index is 11.7. The van der Waals surface area contributed by atoms with E-state index in [1.54, 1.807) is 0 Å². The Morgan fingerprint density at radius 1 is 0.909 bits per heavy atom. The van der Waals surface area contributed by atoms with Crippen LogP contribution in [0, 0.1) is 5.92 Å². The monoisotopic (exact) mass is 313 g/mol. The summed E-state index contributed by atoms with van der Waals surface area (Å²) in [5, 5.41) is 6.46. The standard InChI is InChI=1S/C18H39N3O/c1-16(2)14-21(5)15-18(22)20-13-11-9-7-6-8-10-12-19-17(3)4/h16-17,19H,6-15H2,1-5H3,(H,20,22). The molecule has 0 aliphatic heterocycles. The van der Waals surface area contributed by atoms with Gasteiger partial charge in [-0.2, -0.15) is 0 Å². The number of carbonyl (C=O) groups excluding carboxylic acids is 1. The highest BCUT2D eigenvalue weighted by Gasteiger charge is 2.07. The van der Waals surface area contributed by atoms with Crippen LogP contribution in [0.2, 0.25) is 0 Å². The molecule has 0 aliphatic carbocycles.